The third kappa shape index (κ3) is 4.61. The van der Waals surface area contributed by atoms with Gasteiger partial charge in [0.2, 0.25) is 0 Å². The zero-order valence-electron chi connectivity index (χ0n) is 13.8. The molecule has 0 aliphatic heterocycles. The molecule has 0 aliphatic rings. The maximum absolute atomic E-state index is 12.9. The fourth-order valence-corrected chi connectivity index (χ4v) is 3.21. The Morgan fingerprint density at radius 2 is 1.71 bits per heavy atom. The van der Waals surface area contributed by atoms with Crippen molar-refractivity contribution in [1.29, 1.82) is 0 Å². The molecule has 0 saturated carbocycles. The number of carboxylic acid groups (broad SMARTS) is 1. The number of carboxylic acids is 1. The van der Waals surface area contributed by atoms with Crippen LogP contribution < -0.4 is 0 Å². The summed E-state index contributed by atoms with van der Waals surface area (Å²) in [5.41, 5.74) is 1.62. The number of amides is 1. The molecule has 0 aromatic heterocycles. The second kappa shape index (κ2) is 8.55. The summed E-state index contributed by atoms with van der Waals surface area (Å²) in [6.07, 6.45) is 0. The van der Waals surface area contributed by atoms with Gasteiger partial charge in [-0.25, -0.2) is 0 Å². The zero-order chi connectivity index (χ0) is 17.5. The summed E-state index contributed by atoms with van der Waals surface area (Å²) >= 11 is 1.19. The Labute approximate surface area is 146 Å². The quantitative estimate of drug-likeness (QED) is 0.774. The first-order valence-corrected chi connectivity index (χ1v) is 8.72. The first-order chi connectivity index (χ1) is 11.5. The van der Waals surface area contributed by atoms with Gasteiger partial charge in [-0.15, -0.1) is 11.8 Å². The number of hydrogen-bond donors (Lipinski definition) is 1. The van der Waals surface area contributed by atoms with E-state index < -0.39 is 11.2 Å². The lowest BCUT2D eigenvalue weighted by Gasteiger charge is -2.22. The molecule has 24 heavy (non-hydrogen) atoms. The number of carbonyl (C=O) groups is 2. The topological polar surface area (TPSA) is 57.6 Å². The van der Waals surface area contributed by atoms with Crippen LogP contribution in [0.15, 0.2) is 59.5 Å². The van der Waals surface area contributed by atoms with Crippen molar-refractivity contribution in [2.45, 2.75) is 30.5 Å². The normalized spacial score (nSPS) is 11.8. The highest BCUT2D eigenvalue weighted by Crippen LogP contribution is 2.28. The van der Waals surface area contributed by atoms with Gasteiger partial charge in [-0.1, -0.05) is 42.5 Å². The fourth-order valence-electron chi connectivity index (χ4n) is 2.29. The van der Waals surface area contributed by atoms with E-state index in [9.17, 15) is 9.59 Å². The second-order valence-corrected chi connectivity index (χ2v) is 6.78. The van der Waals surface area contributed by atoms with Crippen molar-refractivity contribution in [2.24, 2.45) is 0 Å². The molecular formula is C19H21NO3S. The molecule has 1 unspecified atom stereocenters. The maximum atomic E-state index is 12.9. The Kier molecular flexibility index (Phi) is 6.44. The molecule has 4 nitrogen and oxygen atoms in total. The molecule has 0 aliphatic carbocycles. The molecule has 0 spiro atoms. The third-order valence-electron chi connectivity index (χ3n) is 3.65. The number of carbonyl (C=O) groups excluding carboxylic acids is 1. The van der Waals surface area contributed by atoms with Crippen LogP contribution in [0.2, 0.25) is 0 Å². The molecular weight excluding hydrogens is 322 g/mol. The van der Waals surface area contributed by atoms with Crippen molar-refractivity contribution in [3.63, 3.8) is 0 Å². The SMILES string of the molecule is CCN(Cc1ccccc1)C(=O)c1ccccc1SC(C)C(=O)O. The average molecular weight is 343 g/mol. The highest BCUT2D eigenvalue weighted by atomic mass is 32.2. The van der Waals surface area contributed by atoms with Crippen LogP contribution in [0.1, 0.15) is 29.8 Å². The van der Waals surface area contributed by atoms with E-state index in [0.717, 1.165) is 5.56 Å². The van der Waals surface area contributed by atoms with Crippen LogP contribution in [0.4, 0.5) is 0 Å². The minimum Gasteiger partial charge on any atom is -0.480 e. The summed E-state index contributed by atoms with van der Waals surface area (Å²) in [6, 6.07) is 17.0. The molecule has 1 N–H and O–H groups in total. The van der Waals surface area contributed by atoms with Gasteiger partial charge in [0.15, 0.2) is 0 Å². The highest BCUT2D eigenvalue weighted by Gasteiger charge is 2.21. The van der Waals surface area contributed by atoms with E-state index in [4.69, 9.17) is 5.11 Å². The number of hydrogen-bond acceptors (Lipinski definition) is 3. The Balaban J connectivity index is 2.22. The molecule has 5 heteroatoms. The molecule has 0 bridgehead atoms. The summed E-state index contributed by atoms with van der Waals surface area (Å²) in [6.45, 7) is 4.68. The second-order valence-electron chi connectivity index (χ2n) is 5.40. The number of rotatable bonds is 7. The van der Waals surface area contributed by atoms with E-state index in [1.165, 1.54) is 11.8 Å². The highest BCUT2D eigenvalue weighted by molar-refractivity contribution is 8.00. The zero-order valence-corrected chi connectivity index (χ0v) is 14.6. The van der Waals surface area contributed by atoms with Gasteiger partial charge in [-0.3, -0.25) is 9.59 Å². The number of aliphatic carboxylic acids is 1. The summed E-state index contributed by atoms with van der Waals surface area (Å²) in [5, 5.41) is 8.50. The molecule has 2 aromatic rings. The molecule has 1 amide bonds. The van der Waals surface area contributed by atoms with Crippen LogP contribution in [0.5, 0.6) is 0 Å². The number of thioether (sulfide) groups is 1. The van der Waals surface area contributed by atoms with Crippen molar-refractivity contribution in [3.8, 4) is 0 Å². The molecule has 1 atom stereocenters. The van der Waals surface area contributed by atoms with Gasteiger partial charge in [0.1, 0.15) is 5.25 Å². The van der Waals surface area contributed by atoms with E-state index in [0.29, 0.717) is 23.5 Å². The predicted molar refractivity (Wildman–Crippen MR) is 96.3 cm³/mol. The van der Waals surface area contributed by atoms with Gasteiger partial charge in [0.05, 0.1) is 5.56 Å². The maximum Gasteiger partial charge on any atom is 0.316 e. The lowest BCUT2D eigenvalue weighted by Crippen LogP contribution is -2.30. The lowest BCUT2D eigenvalue weighted by atomic mass is 10.1. The van der Waals surface area contributed by atoms with Crippen LogP contribution in [0.3, 0.4) is 0 Å². The third-order valence-corrected chi connectivity index (χ3v) is 4.82. The lowest BCUT2D eigenvalue weighted by molar-refractivity contribution is -0.136. The minimum absolute atomic E-state index is 0.0814. The van der Waals surface area contributed by atoms with Crippen molar-refractivity contribution in [1.82, 2.24) is 4.90 Å². The van der Waals surface area contributed by atoms with Crippen molar-refractivity contribution >= 4 is 23.6 Å². The first-order valence-electron chi connectivity index (χ1n) is 7.84. The predicted octanol–water partition coefficient (Wildman–Crippen LogP) is 3.91. The molecule has 0 fully saturated rings. The van der Waals surface area contributed by atoms with E-state index in [-0.39, 0.29) is 5.91 Å². The van der Waals surface area contributed by atoms with Gasteiger partial charge in [0.25, 0.3) is 5.91 Å². The van der Waals surface area contributed by atoms with Crippen LogP contribution in [0, 0.1) is 0 Å². The van der Waals surface area contributed by atoms with Gasteiger partial charge >= 0.3 is 5.97 Å². The van der Waals surface area contributed by atoms with E-state index in [2.05, 4.69) is 0 Å². The average Bonchev–Trinajstić information content (AvgIpc) is 2.60. The van der Waals surface area contributed by atoms with Crippen LogP contribution >= 0.6 is 11.8 Å². The summed E-state index contributed by atoms with van der Waals surface area (Å²) in [4.78, 5) is 26.5. The van der Waals surface area contributed by atoms with E-state index in [1.807, 2.05) is 43.3 Å². The minimum atomic E-state index is -0.890. The monoisotopic (exact) mass is 343 g/mol. The largest absolute Gasteiger partial charge is 0.480 e. The molecule has 0 radical (unpaired) electrons. The Hall–Kier alpha value is -2.27. The molecule has 0 saturated heterocycles. The van der Waals surface area contributed by atoms with E-state index in [1.54, 1.807) is 30.0 Å². The van der Waals surface area contributed by atoms with Crippen molar-refractivity contribution in [2.75, 3.05) is 6.54 Å². The first kappa shape index (κ1) is 18.1. The van der Waals surface area contributed by atoms with Crippen molar-refractivity contribution in [3.05, 3.63) is 65.7 Å². The standard InChI is InChI=1S/C19H21NO3S/c1-3-20(13-15-9-5-4-6-10-15)18(21)16-11-7-8-12-17(16)24-14(2)19(22)23/h4-12,14H,3,13H2,1-2H3,(H,22,23). The van der Waals surface area contributed by atoms with Crippen molar-refractivity contribution < 1.29 is 14.7 Å². The van der Waals surface area contributed by atoms with Gasteiger partial charge in [0, 0.05) is 18.0 Å². The summed E-state index contributed by atoms with van der Waals surface area (Å²) in [7, 11) is 0. The molecule has 2 aromatic carbocycles. The van der Waals surface area contributed by atoms with Gasteiger partial charge in [-0.05, 0) is 31.5 Å². The Morgan fingerprint density at radius 3 is 2.33 bits per heavy atom. The van der Waals surface area contributed by atoms with Crippen LogP contribution in [-0.4, -0.2) is 33.7 Å². The molecule has 2 rings (SSSR count). The van der Waals surface area contributed by atoms with Crippen LogP contribution in [0.25, 0.3) is 0 Å². The van der Waals surface area contributed by atoms with E-state index >= 15 is 0 Å². The molecule has 126 valence electrons. The summed E-state index contributed by atoms with van der Waals surface area (Å²) < 4.78 is 0. The number of nitrogens with zero attached hydrogens (tertiary/aromatic N) is 1. The number of benzene rings is 2. The van der Waals surface area contributed by atoms with Crippen LogP contribution in [-0.2, 0) is 11.3 Å². The smallest absolute Gasteiger partial charge is 0.316 e. The van der Waals surface area contributed by atoms with Gasteiger partial charge < -0.3 is 10.0 Å². The molecule has 0 heterocycles. The Morgan fingerprint density at radius 1 is 1.08 bits per heavy atom. The Bertz CT molecular complexity index is 703. The van der Waals surface area contributed by atoms with Gasteiger partial charge in [-0.2, -0.15) is 0 Å². The summed E-state index contributed by atoms with van der Waals surface area (Å²) in [5.74, 6) is -0.971. The fraction of sp³-hybridized carbons (Fsp3) is 0.263.